The molecule has 1 aliphatic rings. The van der Waals surface area contributed by atoms with Gasteiger partial charge >= 0.3 is 0 Å². The number of nitrogens with one attached hydrogen (secondary N) is 1. The summed E-state index contributed by atoms with van der Waals surface area (Å²) in [6.45, 7) is 0.371. The Morgan fingerprint density at radius 2 is 1.96 bits per heavy atom. The predicted octanol–water partition coefficient (Wildman–Crippen LogP) is 2.17. The van der Waals surface area contributed by atoms with Gasteiger partial charge in [-0.25, -0.2) is 4.98 Å². The molecule has 28 heavy (non-hydrogen) atoms. The fourth-order valence-corrected chi connectivity index (χ4v) is 3.65. The van der Waals surface area contributed by atoms with Crippen LogP contribution >= 0.6 is 23.2 Å². The molecule has 7 nitrogen and oxygen atoms in total. The van der Waals surface area contributed by atoms with Crippen LogP contribution in [0.2, 0.25) is 10.0 Å². The van der Waals surface area contributed by atoms with Gasteiger partial charge in [-0.3, -0.25) is 14.4 Å². The number of amides is 2. The molecule has 2 aromatic rings. The van der Waals surface area contributed by atoms with E-state index in [0.29, 0.717) is 35.1 Å². The summed E-state index contributed by atoms with van der Waals surface area (Å²) in [5.41, 5.74) is 1.52. The van der Waals surface area contributed by atoms with Gasteiger partial charge in [0, 0.05) is 26.8 Å². The summed E-state index contributed by atoms with van der Waals surface area (Å²) in [4.78, 5) is 42.6. The third-order valence-corrected chi connectivity index (χ3v) is 5.52. The molecular formula is C19H20Cl2N4O3. The predicted molar refractivity (Wildman–Crippen MR) is 105 cm³/mol. The second-order valence-corrected chi connectivity index (χ2v) is 7.62. The average Bonchev–Trinajstić information content (AvgIpc) is 3.18. The Labute approximate surface area is 172 Å². The number of Topliss-reactive ketones (excluding diaryl/α,β-unsaturated/α-hetero) is 1. The molecule has 2 atom stereocenters. The van der Waals surface area contributed by atoms with Crippen LogP contribution < -0.4 is 5.32 Å². The lowest BCUT2D eigenvalue weighted by Gasteiger charge is -2.21. The number of nitrogens with zero attached hydrogens (tertiary/aromatic N) is 3. The molecule has 148 valence electrons. The molecule has 1 fully saturated rings. The molecule has 0 radical (unpaired) electrons. The lowest BCUT2D eigenvalue weighted by atomic mass is 9.96. The summed E-state index contributed by atoms with van der Waals surface area (Å²) in [7, 11) is 3.30. The van der Waals surface area contributed by atoms with Crippen molar-refractivity contribution >= 4 is 40.8 Å². The Morgan fingerprint density at radius 3 is 2.61 bits per heavy atom. The van der Waals surface area contributed by atoms with Crippen LogP contribution in [0.25, 0.3) is 0 Å². The number of carbonyl (C=O) groups is 3. The van der Waals surface area contributed by atoms with Crippen LogP contribution in [0.15, 0.2) is 30.7 Å². The molecule has 9 heteroatoms. The largest absolute Gasteiger partial charge is 0.355 e. The number of hydrogen-bond acceptors (Lipinski definition) is 4. The van der Waals surface area contributed by atoms with Crippen molar-refractivity contribution in [3.05, 3.63) is 52.0 Å². The Balaban J connectivity index is 1.62. The normalized spacial score (nSPS) is 19.4. The highest BCUT2D eigenvalue weighted by molar-refractivity contribution is 6.43. The lowest BCUT2D eigenvalue weighted by Crippen LogP contribution is -2.37. The minimum Gasteiger partial charge on any atom is -0.355 e. The number of benzene rings is 1. The van der Waals surface area contributed by atoms with Gasteiger partial charge in [-0.2, -0.15) is 0 Å². The fraction of sp³-hybridized carbons (Fsp3) is 0.368. The summed E-state index contributed by atoms with van der Waals surface area (Å²) in [6, 6.07) is 4.70. The summed E-state index contributed by atoms with van der Waals surface area (Å²) in [5, 5.41) is 3.75. The quantitative estimate of drug-likeness (QED) is 0.439. The van der Waals surface area contributed by atoms with Crippen molar-refractivity contribution in [3.63, 3.8) is 0 Å². The minimum absolute atomic E-state index is 0.371. The van der Waals surface area contributed by atoms with Crippen molar-refractivity contribution in [1.82, 2.24) is 19.8 Å². The molecule has 1 N–H and O–H groups in total. The topological polar surface area (TPSA) is 84.3 Å². The summed E-state index contributed by atoms with van der Waals surface area (Å²) in [6.07, 6.45) is 4.63. The number of ketones is 1. The zero-order chi connectivity index (χ0) is 20.4. The van der Waals surface area contributed by atoms with E-state index >= 15 is 0 Å². The highest BCUT2D eigenvalue weighted by Crippen LogP contribution is 2.34. The molecular weight excluding hydrogens is 403 g/mol. The van der Waals surface area contributed by atoms with Gasteiger partial charge in [-0.05, 0) is 30.5 Å². The Bertz CT molecular complexity index is 928. The van der Waals surface area contributed by atoms with E-state index in [2.05, 4.69) is 10.3 Å². The van der Waals surface area contributed by atoms with E-state index in [1.54, 1.807) is 36.3 Å². The number of aryl methyl sites for hydroxylation is 2. The van der Waals surface area contributed by atoms with E-state index in [1.807, 2.05) is 6.07 Å². The summed E-state index contributed by atoms with van der Waals surface area (Å²) in [5.74, 6) is -2.95. The lowest BCUT2D eigenvalue weighted by molar-refractivity contribution is -0.142. The smallest absolute Gasteiger partial charge is 0.291 e. The Hall–Kier alpha value is -2.38. The van der Waals surface area contributed by atoms with Crippen molar-refractivity contribution in [2.24, 2.45) is 13.0 Å². The average molecular weight is 423 g/mol. The van der Waals surface area contributed by atoms with Gasteiger partial charge in [0.1, 0.15) is 5.92 Å². The number of halogens is 2. The summed E-state index contributed by atoms with van der Waals surface area (Å²) >= 11 is 11.9. The van der Waals surface area contributed by atoms with Gasteiger partial charge in [0.15, 0.2) is 0 Å². The molecule has 0 bridgehead atoms. The van der Waals surface area contributed by atoms with Crippen molar-refractivity contribution in [2.45, 2.75) is 18.9 Å². The maximum Gasteiger partial charge on any atom is 0.291 e. The van der Waals surface area contributed by atoms with E-state index in [1.165, 1.54) is 11.9 Å². The zero-order valence-electron chi connectivity index (χ0n) is 15.5. The van der Waals surface area contributed by atoms with Gasteiger partial charge in [-0.1, -0.05) is 29.3 Å². The number of hydrogen-bond donors (Lipinski definition) is 1. The molecule has 3 rings (SSSR count). The van der Waals surface area contributed by atoms with Gasteiger partial charge < -0.3 is 14.8 Å². The van der Waals surface area contributed by atoms with Crippen molar-refractivity contribution in [2.75, 3.05) is 13.6 Å². The maximum atomic E-state index is 12.7. The van der Waals surface area contributed by atoms with E-state index in [0.717, 1.165) is 5.56 Å². The molecule has 2 heterocycles. The second-order valence-electron chi connectivity index (χ2n) is 6.81. The first kappa shape index (κ1) is 20.4. The van der Waals surface area contributed by atoms with Crippen LogP contribution in [0.3, 0.4) is 0 Å². The van der Waals surface area contributed by atoms with Crippen LogP contribution in [-0.2, 0) is 27.9 Å². The van der Waals surface area contributed by atoms with E-state index < -0.39 is 29.6 Å². The van der Waals surface area contributed by atoms with Gasteiger partial charge in [0.2, 0.25) is 11.7 Å². The maximum absolute atomic E-state index is 12.7. The highest BCUT2D eigenvalue weighted by atomic mass is 35.5. The van der Waals surface area contributed by atoms with Crippen LogP contribution in [0, 0.1) is 5.92 Å². The third kappa shape index (κ3) is 4.05. The third-order valence-electron chi connectivity index (χ3n) is 4.78. The van der Waals surface area contributed by atoms with Crippen molar-refractivity contribution < 1.29 is 14.4 Å². The number of carbonyl (C=O) groups excluding carboxylic acids is 3. The van der Waals surface area contributed by atoms with Crippen molar-refractivity contribution in [3.8, 4) is 0 Å². The number of rotatable bonds is 6. The molecule has 1 aromatic carbocycles. The monoisotopic (exact) mass is 422 g/mol. The molecule has 2 amide bonds. The zero-order valence-corrected chi connectivity index (χ0v) is 17.0. The standard InChI is InChI=1S/C19H20Cl2N4O3/c1-24-9-14(23-10-24)16-15(17(26)19(28)25(16)2)18(27)22-7-3-4-11-5-6-12(20)13(21)8-11/h5-6,8-10,15-16H,3-4,7H2,1-2H3,(H,22,27). The first-order valence-corrected chi connectivity index (χ1v) is 9.55. The molecule has 0 spiro atoms. The van der Waals surface area contributed by atoms with Crippen LogP contribution in [-0.4, -0.2) is 45.6 Å². The van der Waals surface area contributed by atoms with Gasteiger partial charge in [0.25, 0.3) is 5.91 Å². The van der Waals surface area contributed by atoms with Gasteiger partial charge in [0.05, 0.1) is 28.1 Å². The van der Waals surface area contributed by atoms with E-state index in [-0.39, 0.29) is 0 Å². The number of likely N-dealkylation sites (tertiary alicyclic amines) is 1. The van der Waals surface area contributed by atoms with E-state index in [9.17, 15) is 14.4 Å². The first-order valence-electron chi connectivity index (χ1n) is 8.80. The molecule has 1 aromatic heterocycles. The Kier molecular flexibility index (Phi) is 6.05. The van der Waals surface area contributed by atoms with E-state index in [4.69, 9.17) is 23.2 Å². The van der Waals surface area contributed by atoms with Crippen LogP contribution in [0.5, 0.6) is 0 Å². The summed E-state index contributed by atoms with van der Waals surface area (Å²) < 4.78 is 1.71. The number of imidazole rings is 1. The molecule has 1 saturated heterocycles. The molecule has 0 saturated carbocycles. The fourth-order valence-electron chi connectivity index (χ4n) is 3.33. The molecule has 0 aliphatic carbocycles. The molecule has 2 unspecified atom stereocenters. The Morgan fingerprint density at radius 1 is 1.21 bits per heavy atom. The minimum atomic E-state index is -1.10. The number of aromatic nitrogens is 2. The van der Waals surface area contributed by atoms with Gasteiger partial charge in [-0.15, -0.1) is 0 Å². The molecule has 1 aliphatic heterocycles. The number of likely N-dealkylation sites (N-methyl/N-ethyl adjacent to an activating group) is 1. The highest BCUT2D eigenvalue weighted by Gasteiger charge is 2.50. The second kappa shape index (κ2) is 8.32. The SMILES string of the molecule is CN1C(=O)C(=O)C(C(=O)NCCCc2ccc(Cl)c(Cl)c2)C1c1cn(C)cn1. The van der Waals surface area contributed by atoms with Crippen LogP contribution in [0.4, 0.5) is 0 Å². The first-order chi connectivity index (χ1) is 13.3. The van der Waals surface area contributed by atoms with Crippen molar-refractivity contribution in [1.29, 1.82) is 0 Å². The van der Waals surface area contributed by atoms with Crippen LogP contribution in [0.1, 0.15) is 23.7 Å².